The van der Waals surface area contributed by atoms with Gasteiger partial charge >= 0.3 is 5.97 Å². The van der Waals surface area contributed by atoms with Gasteiger partial charge in [-0.1, -0.05) is 11.8 Å². The van der Waals surface area contributed by atoms with Crippen molar-refractivity contribution in [2.75, 3.05) is 20.0 Å². The molecule has 0 saturated heterocycles. The Morgan fingerprint density at radius 2 is 2.10 bits per heavy atom. The number of hydrogen-bond donors (Lipinski definition) is 1. The van der Waals surface area contributed by atoms with E-state index >= 15 is 0 Å². The SMILES string of the molecule is COc1ccc(-c2csc(SCC(=O)O)n2)cc1OC. The minimum absolute atomic E-state index is 0.0128. The molecule has 5 nitrogen and oxygen atoms in total. The Balaban J connectivity index is 2.21. The van der Waals surface area contributed by atoms with Crippen LogP contribution in [0.2, 0.25) is 0 Å². The van der Waals surface area contributed by atoms with Crippen molar-refractivity contribution in [3.8, 4) is 22.8 Å². The smallest absolute Gasteiger partial charge is 0.313 e. The average Bonchev–Trinajstić information content (AvgIpc) is 2.93. The molecule has 2 rings (SSSR count). The molecule has 7 heteroatoms. The molecule has 0 radical (unpaired) electrons. The number of carbonyl (C=O) groups is 1. The molecule has 20 heavy (non-hydrogen) atoms. The van der Waals surface area contributed by atoms with Gasteiger partial charge in [0.1, 0.15) is 0 Å². The van der Waals surface area contributed by atoms with E-state index in [1.165, 1.54) is 23.1 Å². The molecular weight excluding hydrogens is 298 g/mol. The third-order valence-electron chi connectivity index (χ3n) is 2.48. The summed E-state index contributed by atoms with van der Waals surface area (Å²) in [5.41, 5.74) is 1.70. The lowest BCUT2D eigenvalue weighted by molar-refractivity contribution is -0.133. The molecule has 0 unspecified atom stereocenters. The van der Waals surface area contributed by atoms with Gasteiger partial charge in [0.05, 0.1) is 25.7 Å². The third-order valence-corrected chi connectivity index (χ3v) is 4.49. The van der Waals surface area contributed by atoms with E-state index in [1.807, 2.05) is 23.6 Å². The van der Waals surface area contributed by atoms with Gasteiger partial charge in [0, 0.05) is 10.9 Å². The summed E-state index contributed by atoms with van der Waals surface area (Å²) in [4.78, 5) is 14.9. The van der Waals surface area contributed by atoms with Crippen molar-refractivity contribution in [1.82, 2.24) is 4.98 Å². The number of benzene rings is 1. The molecule has 0 fully saturated rings. The normalized spacial score (nSPS) is 10.3. The Bertz CT molecular complexity index is 612. The summed E-state index contributed by atoms with van der Waals surface area (Å²) < 4.78 is 11.2. The van der Waals surface area contributed by atoms with Crippen LogP contribution in [-0.4, -0.2) is 36.0 Å². The van der Waals surface area contributed by atoms with E-state index in [0.29, 0.717) is 11.5 Å². The Hall–Kier alpha value is -1.73. The van der Waals surface area contributed by atoms with Crippen LogP contribution in [0.5, 0.6) is 11.5 Å². The summed E-state index contributed by atoms with van der Waals surface area (Å²) in [5.74, 6) is 0.460. The number of thiazole rings is 1. The van der Waals surface area contributed by atoms with Crippen molar-refractivity contribution < 1.29 is 19.4 Å². The van der Waals surface area contributed by atoms with Crippen LogP contribution in [-0.2, 0) is 4.79 Å². The molecule has 1 aromatic carbocycles. The van der Waals surface area contributed by atoms with E-state index in [1.54, 1.807) is 14.2 Å². The second kappa shape index (κ2) is 6.62. The number of thioether (sulfide) groups is 1. The summed E-state index contributed by atoms with van der Waals surface area (Å²) >= 11 is 2.64. The predicted molar refractivity (Wildman–Crippen MR) is 79.0 cm³/mol. The fourth-order valence-corrected chi connectivity index (χ4v) is 3.13. The second-order valence-corrected chi connectivity index (χ2v) is 5.83. The van der Waals surface area contributed by atoms with Crippen LogP contribution < -0.4 is 9.47 Å². The molecule has 1 heterocycles. The van der Waals surface area contributed by atoms with Gasteiger partial charge in [-0.05, 0) is 18.2 Å². The van der Waals surface area contributed by atoms with Crippen LogP contribution in [0.15, 0.2) is 27.9 Å². The van der Waals surface area contributed by atoms with Gasteiger partial charge < -0.3 is 14.6 Å². The molecule has 1 aromatic heterocycles. The highest BCUT2D eigenvalue weighted by atomic mass is 32.2. The number of aliphatic carboxylic acids is 1. The fourth-order valence-electron chi connectivity index (χ4n) is 1.58. The van der Waals surface area contributed by atoms with Gasteiger partial charge in [-0.3, -0.25) is 4.79 Å². The van der Waals surface area contributed by atoms with E-state index in [-0.39, 0.29) is 5.75 Å². The molecule has 0 atom stereocenters. The van der Waals surface area contributed by atoms with E-state index in [2.05, 4.69) is 4.98 Å². The highest BCUT2D eigenvalue weighted by molar-refractivity contribution is 8.01. The molecule has 0 aliphatic rings. The largest absolute Gasteiger partial charge is 0.493 e. The number of carboxylic acids is 1. The topological polar surface area (TPSA) is 68.7 Å². The molecule has 0 aliphatic heterocycles. The average molecular weight is 311 g/mol. The molecular formula is C13H13NO4S2. The highest BCUT2D eigenvalue weighted by Gasteiger charge is 2.10. The number of rotatable bonds is 6. The zero-order chi connectivity index (χ0) is 14.5. The lowest BCUT2D eigenvalue weighted by atomic mass is 10.1. The number of hydrogen-bond acceptors (Lipinski definition) is 6. The van der Waals surface area contributed by atoms with Crippen molar-refractivity contribution in [2.24, 2.45) is 0 Å². The van der Waals surface area contributed by atoms with Crippen LogP contribution in [0.4, 0.5) is 0 Å². The monoisotopic (exact) mass is 311 g/mol. The Labute approximate surface area is 124 Å². The van der Waals surface area contributed by atoms with Crippen LogP contribution in [0, 0.1) is 0 Å². The Morgan fingerprint density at radius 3 is 2.75 bits per heavy atom. The Morgan fingerprint density at radius 1 is 1.35 bits per heavy atom. The molecule has 0 aliphatic carbocycles. The maximum absolute atomic E-state index is 10.5. The molecule has 106 valence electrons. The summed E-state index contributed by atoms with van der Waals surface area (Å²) in [6, 6.07) is 5.55. The summed E-state index contributed by atoms with van der Waals surface area (Å²) in [5, 5.41) is 10.5. The van der Waals surface area contributed by atoms with Gasteiger partial charge in [0.2, 0.25) is 0 Å². The number of carboxylic acid groups (broad SMARTS) is 1. The zero-order valence-corrected chi connectivity index (χ0v) is 12.6. The van der Waals surface area contributed by atoms with Crippen LogP contribution >= 0.6 is 23.1 Å². The molecule has 0 saturated carbocycles. The first kappa shape index (κ1) is 14.7. The highest BCUT2D eigenvalue weighted by Crippen LogP contribution is 2.34. The van der Waals surface area contributed by atoms with E-state index in [4.69, 9.17) is 14.6 Å². The van der Waals surface area contributed by atoms with Crippen molar-refractivity contribution in [3.63, 3.8) is 0 Å². The minimum atomic E-state index is -0.849. The van der Waals surface area contributed by atoms with Gasteiger partial charge in [-0.15, -0.1) is 11.3 Å². The maximum atomic E-state index is 10.5. The standard InChI is InChI=1S/C13H13NO4S2/c1-17-10-4-3-8(5-11(10)18-2)9-6-19-13(14-9)20-7-12(15)16/h3-6H,7H2,1-2H3,(H,15,16). The molecule has 0 amide bonds. The van der Waals surface area contributed by atoms with Crippen molar-refractivity contribution in [1.29, 1.82) is 0 Å². The van der Waals surface area contributed by atoms with Crippen LogP contribution in [0.1, 0.15) is 0 Å². The first-order valence-corrected chi connectivity index (χ1v) is 7.53. The molecule has 1 N–H and O–H groups in total. The van der Waals surface area contributed by atoms with Crippen molar-refractivity contribution in [2.45, 2.75) is 4.34 Å². The van der Waals surface area contributed by atoms with E-state index in [9.17, 15) is 4.79 Å². The minimum Gasteiger partial charge on any atom is -0.493 e. The van der Waals surface area contributed by atoms with Crippen molar-refractivity contribution >= 4 is 29.1 Å². The fraction of sp³-hybridized carbons (Fsp3) is 0.231. The quantitative estimate of drug-likeness (QED) is 0.827. The third kappa shape index (κ3) is 3.43. The Kier molecular flexibility index (Phi) is 4.86. The van der Waals surface area contributed by atoms with Gasteiger partial charge in [-0.2, -0.15) is 0 Å². The lowest BCUT2D eigenvalue weighted by Gasteiger charge is -2.08. The van der Waals surface area contributed by atoms with E-state index < -0.39 is 5.97 Å². The lowest BCUT2D eigenvalue weighted by Crippen LogP contribution is -1.97. The summed E-state index contributed by atoms with van der Waals surface area (Å²) in [6.45, 7) is 0. The molecule has 0 spiro atoms. The van der Waals surface area contributed by atoms with E-state index in [0.717, 1.165) is 15.6 Å². The zero-order valence-electron chi connectivity index (χ0n) is 11.0. The second-order valence-electron chi connectivity index (χ2n) is 3.75. The number of ether oxygens (including phenoxy) is 2. The van der Waals surface area contributed by atoms with Gasteiger partial charge in [0.15, 0.2) is 15.8 Å². The van der Waals surface area contributed by atoms with Crippen LogP contribution in [0.3, 0.4) is 0 Å². The van der Waals surface area contributed by atoms with Gasteiger partial charge in [-0.25, -0.2) is 4.98 Å². The number of aromatic nitrogens is 1. The maximum Gasteiger partial charge on any atom is 0.313 e. The van der Waals surface area contributed by atoms with Crippen LogP contribution in [0.25, 0.3) is 11.3 Å². The molecule has 2 aromatic rings. The summed E-state index contributed by atoms with van der Waals surface area (Å²) in [6.07, 6.45) is 0. The van der Waals surface area contributed by atoms with Crippen molar-refractivity contribution in [3.05, 3.63) is 23.6 Å². The molecule has 0 bridgehead atoms. The first-order chi connectivity index (χ1) is 9.63. The predicted octanol–water partition coefficient (Wildman–Crippen LogP) is 3.00. The number of methoxy groups -OCH3 is 2. The first-order valence-electron chi connectivity index (χ1n) is 5.66. The summed E-state index contributed by atoms with van der Waals surface area (Å²) in [7, 11) is 3.16. The van der Waals surface area contributed by atoms with Gasteiger partial charge in [0.25, 0.3) is 0 Å². The number of nitrogens with zero attached hydrogens (tertiary/aromatic N) is 1.